The highest BCUT2D eigenvalue weighted by Crippen LogP contribution is 2.37. The van der Waals surface area contributed by atoms with Crippen molar-refractivity contribution in [1.29, 1.82) is 0 Å². The van der Waals surface area contributed by atoms with E-state index in [1.165, 1.54) is 28.8 Å². The number of imide groups is 1. The second-order valence-corrected chi connectivity index (χ2v) is 14.9. The molecule has 0 aliphatic carbocycles. The number of ether oxygens (including phenoxy) is 1. The molecular formula is C41H49N7O4. The van der Waals surface area contributed by atoms with Crippen LogP contribution in [-0.2, 0) is 16.1 Å². The highest BCUT2D eigenvalue weighted by Gasteiger charge is 2.39. The van der Waals surface area contributed by atoms with E-state index in [1.807, 2.05) is 18.3 Å². The molecule has 4 aliphatic heterocycles. The van der Waals surface area contributed by atoms with Gasteiger partial charge >= 0.3 is 0 Å². The average molecular weight is 704 g/mol. The van der Waals surface area contributed by atoms with Crippen molar-refractivity contribution < 1.29 is 19.1 Å². The van der Waals surface area contributed by atoms with E-state index in [0.29, 0.717) is 31.1 Å². The number of nitrogen functional groups attached to an aromatic ring is 1. The molecule has 3 aromatic carbocycles. The number of piperazine rings is 1. The predicted octanol–water partition coefficient (Wildman–Crippen LogP) is 5.18. The molecule has 3 amide bonds. The Morgan fingerprint density at radius 1 is 0.904 bits per heavy atom. The SMILES string of the molecule is Cc1ccc(C2CCCN(c3cccc(OCCCCN4CCN(c5ccc6c(c5)CN(C5CCC(=O)NC5=O)C6=O)CC4)c3)C2)c2[nH]cc(N)c12. The number of carbonyl (C=O) groups is 3. The number of benzene rings is 3. The van der Waals surface area contributed by atoms with Gasteiger partial charge in [-0.15, -0.1) is 0 Å². The third kappa shape index (κ3) is 6.81. The Balaban J connectivity index is 0.778. The summed E-state index contributed by atoms with van der Waals surface area (Å²) in [6.07, 6.45) is 6.96. The number of aryl methyl sites for hydroxylation is 1. The first-order valence-corrected chi connectivity index (χ1v) is 18.9. The minimum Gasteiger partial charge on any atom is -0.494 e. The number of piperidine rings is 2. The Morgan fingerprint density at radius 2 is 1.75 bits per heavy atom. The van der Waals surface area contributed by atoms with Gasteiger partial charge in [-0.2, -0.15) is 0 Å². The largest absolute Gasteiger partial charge is 0.494 e. The van der Waals surface area contributed by atoms with Crippen LogP contribution in [0.4, 0.5) is 17.1 Å². The first kappa shape index (κ1) is 34.1. The standard InChI is InChI=1S/C41H49N7O4/c1-27-9-11-33(39-38(27)35(42)24-43-39)28-6-5-16-47(25-28)30-7-4-8-32(23-30)52-21-3-2-15-45-17-19-46(20-18-45)31-10-12-34-29(22-31)26-48(41(34)51)36-13-14-37(49)44-40(36)50/h4,7-12,22-24,28,36,43H,2-3,5-6,13-21,25-26,42H2,1H3,(H,44,49,50). The summed E-state index contributed by atoms with van der Waals surface area (Å²) in [5, 5.41) is 3.53. The zero-order chi connectivity index (χ0) is 35.8. The van der Waals surface area contributed by atoms with Gasteiger partial charge in [0.05, 0.1) is 17.8 Å². The Bertz CT molecular complexity index is 1980. The van der Waals surface area contributed by atoms with E-state index in [9.17, 15) is 14.4 Å². The fourth-order valence-electron chi connectivity index (χ4n) is 8.66. The van der Waals surface area contributed by atoms with Gasteiger partial charge in [0.15, 0.2) is 0 Å². The molecule has 0 radical (unpaired) electrons. The zero-order valence-corrected chi connectivity index (χ0v) is 30.0. The summed E-state index contributed by atoms with van der Waals surface area (Å²) in [5.41, 5.74) is 14.8. The fourth-order valence-corrected chi connectivity index (χ4v) is 8.66. The first-order valence-electron chi connectivity index (χ1n) is 18.9. The van der Waals surface area contributed by atoms with Crippen LogP contribution in [0.5, 0.6) is 5.75 Å². The van der Waals surface area contributed by atoms with Crippen molar-refractivity contribution in [3.8, 4) is 5.75 Å². The number of fused-ring (bicyclic) bond motifs is 2. The molecule has 2 unspecified atom stereocenters. The lowest BCUT2D eigenvalue weighted by Gasteiger charge is -2.36. The third-order valence-electron chi connectivity index (χ3n) is 11.5. The number of H-pyrrole nitrogens is 1. The van der Waals surface area contributed by atoms with Crippen LogP contribution in [0.25, 0.3) is 10.9 Å². The van der Waals surface area contributed by atoms with Crippen molar-refractivity contribution in [3.63, 3.8) is 0 Å². The molecule has 272 valence electrons. The quantitative estimate of drug-likeness (QED) is 0.152. The second-order valence-electron chi connectivity index (χ2n) is 14.9. The van der Waals surface area contributed by atoms with Gasteiger partial charge in [0.25, 0.3) is 5.91 Å². The van der Waals surface area contributed by atoms with Gasteiger partial charge < -0.3 is 30.2 Å². The van der Waals surface area contributed by atoms with E-state index >= 15 is 0 Å². The Kier molecular flexibility index (Phi) is 9.53. The predicted molar refractivity (Wildman–Crippen MR) is 204 cm³/mol. The second kappa shape index (κ2) is 14.5. The van der Waals surface area contributed by atoms with Crippen LogP contribution in [0.1, 0.15) is 71.5 Å². The number of anilines is 3. The summed E-state index contributed by atoms with van der Waals surface area (Å²) >= 11 is 0. The van der Waals surface area contributed by atoms with Crippen LogP contribution in [-0.4, -0.2) is 91.0 Å². The maximum atomic E-state index is 13.1. The molecule has 8 rings (SSSR count). The molecule has 3 fully saturated rings. The van der Waals surface area contributed by atoms with E-state index in [4.69, 9.17) is 10.5 Å². The number of nitrogens with zero attached hydrogens (tertiary/aromatic N) is 4. The number of aromatic amines is 1. The average Bonchev–Trinajstić information content (AvgIpc) is 3.71. The molecule has 5 heterocycles. The molecule has 4 N–H and O–H groups in total. The van der Waals surface area contributed by atoms with Gasteiger partial charge in [0.2, 0.25) is 11.8 Å². The lowest BCUT2D eigenvalue weighted by atomic mass is 9.88. The van der Waals surface area contributed by atoms with Crippen molar-refractivity contribution >= 4 is 45.7 Å². The zero-order valence-electron chi connectivity index (χ0n) is 30.0. The van der Waals surface area contributed by atoms with Gasteiger partial charge in [0, 0.05) is 92.7 Å². The molecule has 11 nitrogen and oxygen atoms in total. The minimum atomic E-state index is -0.587. The van der Waals surface area contributed by atoms with E-state index in [2.05, 4.69) is 74.4 Å². The number of unbranched alkanes of at least 4 members (excludes halogenated alkanes) is 1. The number of nitrogens with two attached hydrogens (primary N) is 1. The van der Waals surface area contributed by atoms with Crippen molar-refractivity contribution in [2.45, 2.75) is 64.0 Å². The smallest absolute Gasteiger partial charge is 0.255 e. The summed E-state index contributed by atoms with van der Waals surface area (Å²) in [6.45, 7) is 10.1. The van der Waals surface area contributed by atoms with E-state index in [0.717, 1.165) is 93.1 Å². The van der Waals surface area contributed by atoms with Crippen LogP contribution >= 0.6 is 0 Å². The molecule has 11 heteroatoms. The van der Waals surface area contributed by atoms with Crippen LogP contribution in [0.15, 0.2) is 60.8 Å². The molecule has 4 aromatic rings. The van der Waals surface area contributed by atoms with Crippen LogP contribution in [0.3, 0.4) is 0 Å². The number of carbonyl (C=O) groups excluding carboxylic acids is 3. The van der Waals surface area contributed by atoms with E-state index in [1.54, 1.807) is 4.90 Å². The minimum absolute atomic E-state index is 0.128. The van der Waals surface area contributed by atoms with Gasteiger partial charge in [-0.1, -0.05) is 18.2 Å². The maximum absolute atomic E-state index is 13.1. The third-order valence-corrected chi connectivity index (χ3v) is 11.5. The number of nitrogens with one attached hydrogen (secondary N) is 2. The molecule has 52 heavy (non-hydrogen) atoms. The van der Waals surface area contributed by atoms with E-state index in [-0.39, 0.29) is 24.1 Å². The summed E-state index contributed by atoms with van der Waals surface area (Å²) in [5.74, 6) is 0.600. The van der Waals surface area contributed by atoms with Crippen LogP contribution in [0.2, 0.25) is 0 Å². The first-order chi connectivity index (χ1) is 25.3. The molecule has 3 saturated heterocycles. The normalized spacial score (nSPS) is 21.2. The molecule has 0 spiro atoms. The lowest BCUT2D eigenvalue weighted by Crippen LogP contribution is -2.52. The van der Waals surface area contributed by atoms with Crippen molar-refractivity contribution in [2.24, 2.45) is 0 Å². The fraction of sp³-hybridized carbons (Fsp3) is 0.439. The summed E-state index contributed by atoms with van der Waals surface area (Å²) in [4.78, 5) is 49.5. The summed E-state index contributed by atoms with van der Waals surface area (Å²) in [7, 11) is 0. The molecular weight excluding hydrogens is 654 g/mol. The number of hydrogen-bond acceptors (Lipinski definition) is 8. The van der Waals surface area contributed by atoms with Crippen molar-refractivity contribution in [2.75, 3.05) is 68.0 Å². The monoisotopic (exact) mass is 703 g/mol. The Morgan fingerprint density at radius 3 is 2.60 bits per heavy atom. The summed E-state index contributed by atoms with van der Waals surface area (Å²) in [6, 6.07) is 18.5. The Hall–Kier alpha value is -5.03. The number of rotatable bonds is 10. The van der Waals surface area contributed by atoms with Crippen LogP contribution < -0.4 is 25.6 Å². The lowest BCUT2D eigenvalue weighted by molar-refractivity contribution is -0.136. The van der Waals surface area contributed by atoms with Crippen molar-refractivity contribution in [3.05, 3.63) is 83.0 Å². The van der Waals surface area contributed by atoms with E-state index < -0.39 is 6.04 Å². The molecule has 4 aliphatic rings. The molecule has 2 atom stereocenters. The van der Waals surface area contributed by atoms with Gasteiger partial charge in [-0.25, -0.2) is 0 Å². The van der Waals surface area contributed by atoms with Gasteiger partial charge in [-0.3, -0.25) is 24.6 Å². The maximum Gasteiger partial charge on any atom is 0.255 e. The number of amides is 3. The highest BCUT2D eigenvalue weighted by atomic mass is 16.5. The summed E-state index contributed by atoms with van der Waals surface area (Å²) < 4.78 is 6.25. The van der Waals surface area contributed by atoms with Crippen LogP contribution in [0, 0.1) is 6.92 Å². The topological polar surface area (TPSA) is 127 Å². The molecule has 1 aromatic heterocycles. The van der Waals surface area contributed by atoms with Gasteiger partial charge in [-0.05, 0) is 92.6 Å². The number of hydrogen-bond donors (Lipinski definition) is 3. The number of aromatic nitrogens is 1. The highest BCUT2D eigenvalue weighted by molar-refractivity contribution is 6.05. The van der Waals surface area contributed by atoms with Crippen molar-refractivity contribution in [1.82, 2.24) is 20.1 Å². The molecule has 0 bridgehead atoms. The molecule has 0 saturated carbocycles. The van der Waals surface area contributed by atoms with Gasteiger partial charge in [0.1, 0.15) is 11.8 Å². The Labute approximate surface area is 305 Å².